The molecule has 1 aromatic carbocycles. The predicted molar refractivity (Wildman–Crippen MR) is 73.8 cm³/mol. The van der Waals surface area contributed by atoms with Crippen molar-refractivity contribution in [3.8, 4) is 11.5 Å². The molecule has 0 amide bonds. The van der Waals surface area contributed by atoms with Gasteiger partial charge < -0.3 is 15.2 Å². The van der Waals surface area contributed by atoms with Crippen molar-refractivity contribution in [1.82, 2.24) is 0 Å². The first-order chi connectivity index (χ1) is 9.01. The van der Waals surface area contributed by atoms with Crippen molar-refractivity contribution in [2.45, 2.75) is 32.2 Å². The minimum atomic E-state index is -0.475. The Balaban J connectivity index is 2.38. The number of hydrogen-bond acceptors (Lipinski definition) is 4. The van der Waals surface area contributed by atoms with Gasteiger partial charge in [-0.1, -0.05) is 13.3 Å². The summed E-state index contributed by atoms with van der Waals surface area (Å²) in [5.74, 6) is 1.32. The van der Waals surface area contributed by atoms with Crippen LogP contribution in [0.5, 0.6) is 11.5 Å². The van der Waals surface area contributed by atoms with Gasteiger partial charge in [-0.2, -0.15) is 0 Å². The van der Waals surface area contributed by atoms with Crippen molar-refractivity contribution >= 4 is 5.78 Å². The lowest BCUT2D eigenvalue weighted by Crippen LogP contribution is -2.41. The maximum absolute atomic E-state index is 12.7. The SMILES string of the molecule is COc1cc(OC)cc(C(=O)C2(C)CCCC2N)c1. The molecule has 0 saturated heterocycles. The van der Waals surface area contributed by atoms with E-state index in [4.69, 9.17) is 15.2 Å². The third kappa shape index (κ3) is 2.45. The highest BCUT2D eigenvalue weighted by Gasteiger charge is 2.43. The number of carbonyl (C=O) groups is 1. The van der Waals surface area contributed by atoms with Crippen LogP contribution in [0.15, 0.2) is 18.2 Å². The third-order valence-electron chi connectivity index (χ3n) is 4.16. The standard InChI is InChI=1S/C15H21NO3/c1-15(6-4-5-13(15)16)14(17)10-7-11(18-2)9-12(8-10)19-3/h7-9,13H,4-6,16H2,1-3H3. The number of ketones is 1. The van der Waals surface area contributed by atoms with Crippen LogP contribution in [0.1, 0.15) is 36.5 Å². The first-order valence-electron chi connectivity index (χ1n) is 6.54. The van der Waals surface area contributed by atoms with Gasteiger partial charge in [-0.25, -0.2) is 0 Å². The van der Waals surface area contributed by atoms with E-state index in [1.54, 1.807) is 32.4 Å². The lowest BCUT2D eigenvalue weighted by Gasteiger charge is -2.27. The Bertz CT molecular complexity index is 464. The fraction of sp³-hybridized carbons (Fsp3) is 0.533. The Hall–Kier alpha value is -1.55. The number of rotatable bonds is 4. The van der Waals surface area contributed by atoms with Gasteiger partial charge in [-0.3, -0.25) is 4.79 Å². The van der Waals surface area contributed by atoms with Crippen LogP contribution in [0, 0.1) is 5.41 Å². The monoisotopic (exact) mass is 263 g/mol. The Labute approximate surface area is 113 Å². The van der Waals surface area contributed by atoms with Crippen LogP contribution in [0.4, 0.5) is 0 Å². The van der Waals surface area contributed by atoms with Crippen molar-refractivity contribution in [3.05, 3.63) is 23.8 Å². The summed E-state index contributed by atoms with van der Waals surface area (Å²) in [4.78, 5) is 12.7. The molecule has 1 aromatic rings. The second-order valence-electron chi connectivity index (χ2n) is 5.35. The summed E-state index contributed by atoms with van der Waals surface area (Å²) in [5, 5.41) is 0. The normalized spacial score (nSPS) is 26.2. The third-order valence-corrected chi connectivity index (χ3v) is 4.16. The van der Waals surface area contributed by atoms with Crippen molar-refractivity contribution in [2.75, 3.05) is 14.2 Å². The van der Waals surface area contributed by atoms with Crippen LogP contribution >= 0.6 is 0 Å². The minimum Gasteiger partial charge on any atom is -0.497 e. The molecule has 0 heterocycles. The molecule has 2 N–H and O–H groups in total. The molecule has 0 spiro atoms. The second kappa shape index (κ2) is 5.21. The molecule has 2 unspecified atom stereocenters. The van der Waals surface area contributed by atoms with Gasteiger partial charge in [0, 0.05) is 23.1 Å². The van der Waals surface area contributed by atoms with Crippen LogP contribution in [0.25, 0.3) is 0 Å². The number of Topliss-reactive ketones (excluding diaryl/α,β-unsaturated/α-hetero) is 1. The molecule has 0 aliphatic heterocycles. The number of methoxy groups -OCH3 is 2. The molecule has 1 aliphatic rings. The molecule has 19 heavy (non-hydrogen) atoms. The maximum atomic E-state index is 12.7. The second-order valence-corrected chi connectivity index (χ2v) is 5.35. The molecule has 0 aromatic heterocycles. The smallest absolute Gasteiger partial charge is 0.170 e. The molecule has 1 fully saturated rings. The molecule has 4 heteroatoms. The van der Waals surface area contributed by atoms with Crippen LogP contribution < -0.4 is 15.2 Å². The summed E-state index contributed by atoms with van der Waals surface area (Å²) in [5.41, 5.74) is 6.24. The highest BCUT2D eigenvalue weighted by atomic mass is 16.5. The van der Waals surface area contributed by atoms with E-state index in [1.165, 1.54) is 0 Å². The first kappa shape index (κ1) is 13.9. The molecule has 0 radical (unpaired) electrons. The largest absolute Gasteiger partial charge is 0.497 e. The van der Waals surface area contributed by atoms with Gasteiger partial charge in [0.05, 0.1) is 14.2 Å². The zero-order chi connectivity index (χ0) is 14.0. The zero-order valence-electron chi connectivity index (χ0n) is 11.7. The molecule has 2 atom stereocenters. The average Bonchev–Trinajstić information content (AvgIpc) is 2.78. The van der Waals surface area contributed by atoms with Crippen LogP contribution in [0.2, 0.25) is 0 Å². The Morgan fingerprint density at radius 2 is 1.84 bits per heavy atom. The average molecular weight is 263 g/mol. The summed E-state index contributed by atoms with van der Waals surface area (Å²) in [6, 6.07) is 5.19. The quantitative estimate of drug-likeness (QED) is 0.847. The molecule has 1 saturated carbocycles. The fourth-order valence-corrected chi connectivity index (χ4v) is 2.74. The summed E-state index contributed by atoms with van der Waals surface area (Å²) in [6.45, 7) is 1.96. The lowest BCUT2D eigenvalue weighted by molar-refractivity contribution is 0.0802. The van der Waals surface area contributed by atoms with E-state index in [9.17, 15) is 4.79 Å². The van der Waals surface area contributed by atoms with Gasteiger partial charge in [0.25, 0.3) is 0 Å². The summed E-state index contributed by atoms with van der Waals surface area (Å²) >= 11 is 0. The molecule has 1 aliphatic carbocycles. The maximum Gasteiger partial charge on any atom is 0.170 e. The minimum absolute atomic E-state index is 0.0720. The Morgan fingerprint density at radius 3 is 2.26 bits per heavy atom. The molecular weight excluding hydrogens is 242 g/mol. The molecular formula is C15H21NO3. The zero-order valence-corrected chi connectivity index (χ0v) is 11.7. The van der Waals surface area contributed by atoms with Gasteiger partial charge in [0.1, 0.15) is 11.5 Å². The van der Waals surface area contributed by atoms with E-state index in [0.717, 1.165) is 19.3 Å². The van der Waals surface area contributed by atoms with Gasteiger partial charge in [-0.15, -0.1) is 0 Å². The number of ether oxygens (including phenoxy) is 2. The topological polar surface area (TPSA) is 61.5 Å². The molecule has 104 valence electrons. The predicted octanol–water partition coefficient (Wildman–Crippen LogP) is 2.40. The number of benzene rings is 1. The number of nitrogens with two attached hydrogens (primary N) is 1. The highest BCUT2D eigenvalue weighted by molar-refractivity contribution is 6.01. The van der Waals surface area contributed by atoms with Crippen molar-refractivity contribution in [2.24, 2.45) is 11.1 Å². The summed E-state index contributed by atoms with van der Waals surface area (Å²) < 4.78 is 10.4. The first-order valence-corrected chi connectivity index (χ1v) is 6.54. The van der Waals surface area contributed by atoms with Crippen molar-refractivity contribution in [1.29, 1.82) is 0 Å². The van der Waals surface area contributed by atoms with Gasteiger partial charge >= 0.3 is 0 Å². The van der Waals surface area contributed by atoms with Crippen LogP contribution in [-0.2, 0) is 0 Å². The number of hydrogen-bond donors (Lipinski definition) is 1. The lowest BCUT2D eigenvalue weighted by atomic mass is 9.78. The fourth-order valence-electron chi connectivity index (χ4n) is 2.74. The van der Waals surface area contributed by atoms with Crippen LogP contribution in [0.3, 0.4) is 0 Å². The number of carbonyl (C=O) groups excluding carboxylic acids is 1. The van der Waals surface area contributed by atoms with E-state index < -0.39 is 5.41 Å². The van der Waals surface area contributed by atoms with Gasteiger partial charge in [0.2, 0.25) is 0 Å². The summed E-state index contributed by atoms with van der Waals surface area (Å²) in [6.07, 6.45) is 2.75. The van der Waals surface area contributed by atoms with E-state index in [-0.39, 0.29) is 11.8 Å². The van der Waals surface area contributed by atoms with Crippen LogP contribution in [-0.4, -0.2) is 26.0 Å². The van der Waals surface area contributed by atoms with Crippen molar-refractivity contribution in [3.63, 3.8) is 0 Å². The molecule has 0 bridgehead atoms. The van der Waals surface area contributed by atoms with E-state index in [1.807, 2.05) is 6.92 Å². The van der Waals surface area contributed by atoms with E-state index in [0.29, 0.717) is 17.1 Å². The van der Waals surface area contributed by atoms with E-state index in [2.05, 4.69) is 0 Å². The van der Waals surface area contributed by atoms with E-state index >= 15 is 0 Å². The molecule has 2 rings (SSSR count). The van der Waals surface area contributed by atoms with Gasteiger partial charge in [-0.05, 0) is 25.0 Å². The van der Waals surface area contributed by atoms with Gasteiger partial charge in [0.15, 0.2) is 5.78 Å². The Morgan fingerprint density at radius 1 is 1.26 bits per heavy atom. The Kier molecular flexibility index (Phi) is 3.80. The van der Waals surface area contributed by atoms with Crippen molar-refractivity contribution < 1.29 is 14.3 Å². The summed E-state index contributed by atoms with van der Waals surface area (Å²) in [7, 11) is 3.15. The highest BCUT2D eigenvalue weighted by Crippen LogP contribution is 2.40. The molecule has 4 nitrogen and oxygen atoms in total.